The zero-order valence-electron chi connectivity index (χ0n) is 15.3. The van der Waals surface area contributed by atoms with Crippen LogP contribution in [0.2, 0.25) is 0 Å². The Morgan fingerprint density at radius 2 is 1.00 bits per heavy atom. The van der Waals surface area contributed by atoms with Gasteiger partial charge in [-0.2, -0.15) is 0 Å². The Morgan fingerprint density at radius 3 is 1.25 bits per heavy atom. The molecule has 0 amide bonds. The first-order valence-corrected chi connectivity index (χ1v) is 7.89. The van der Waals surface area contributed by atoms with Gasteiger partial charge in [-0.3, -0.25) is 9.59 Å². The van der Waals surface area contributed by atoms with Gasteiger partial charge in [-0.1, -0.05) is 0 Å². The van der Waals surface area contributed by atoms with Crippen LogP contribution in [-0.4, -0.2) is 36.2 Å². The largest absolute Gasteiger partial charge is 0.466 e. The lowest BCUT2D eigenvalue weighted by molar-refractivity contribution is -0.146. The summed E-state index contributed by atoms with van der Waals surface area (Å²) in [6, 6.07) is 0. The van der Waals surface area contributed by atoms with Gasteiger partial charge in [0.15, 0.2) is 0 Å². The zero-order valence-corrected chi connectivity index (χ0v) is 16.9. The Labute approximate surface area is 158 Å². The van der Waals surface area contributed by atoms with Crippen LogP contribution in [0, 0.1) is 0 Å². The number of rotatable bonds is 11. The molecule has 4 N–H and O–H groups in total. The van der Waals surface area contributed by atoms with E-state index in [0.717, 1.165) is 25.7 Å². The van der Waals surface area contributed by atoms with E-state index >= 15 is 0 Å². The molecule has 24 heavy (non-hydrogen) atoms. The summed E-state index contributed by atoms with van der Waals surface area (Å²) in [6.45, 7) is 8.00. The van der Waals surface area contributed by atoms with E-state index in [-0.39, 0.29) is 49.6 Å². The molecule has 0 aliphatic carbocycles. The fourth-order valence-corrected chi connectivity index (χ4v) is 1.78. The van der Waals surface area contributed by atoms with Crippen LogP contribution >= 0.6 is 24.8 Å². The summed E-state index contributed by atoms with van der Waals surface area (Å²) in [5, 5.41) is 0. The van der Waals surface area contributed by atoms with Gasteiger partial charge in [0, 0.05) is 11.1 Å². The van der Waals surface area contributed by atoms with Gasteiger partial charge in [0.25, 0.3) is 0 Å². The summed E-state index contributed by atoms with van der Waals surface area (Å²) in [5.41, 5.74) is 10.4. The minimum Gasteiger partial charge on any atom is -0.466 e. The first-order chi connectivity index (χ1) is 9.99. The maximum absolute atomic E-state index is 11.4. The van der Waals surface area contributed by atoms with E-state index in [1.165, 1.54) is 0 Å². The third-order valence-electron chi connectivity index (χ3n) is 2.76. The standard InChI is InChI=1S/C16H32N2O4.2ClH/c1-15(2,17)11-13(19)21-9-7-5-6-8-10-22-14(20)12-16(3,4)18;;/h5-12,17-18H2,1-4H3;2*1H. The van der Waals surface area contributed by atoms with Crippen molar-refractivity contribution in [2.45, 2.75) is 77.3 Å². The van der Waals surface area contributed by atoms with Gasteiger partial charge < -0.3 is 20.9 Å². The third-order valence-corrected chi connectivity index (χ3v) is 2.76. The number of nitrogens with two attached hydrogens (primary N) is 2. The van der Waals surface area contributed by atoms with E-state index in [9.17, 15) is 9.59 Å². The average Bonchev–Trinajstić information content (AvgIpc) is 2.27. The molecule has 0 aliphatic heterocycles. The van der Waals surface area contributed by atoms with E-state index in [1.807, 2.05) is 0 Å². The minimum atomic E-state index is -0.529. The maximum atomic E-state index is 11.4. The smallest absolute Gasteiger partial charge is 0.307 e. The van der Waals surface area contributed by atoms with Crippen LogP contribution in [0.4, 0.5) is 0 Å². The van der Waals surface area contributed by atoms with Gasteiger partial charge >= 0.3 is 11.9 Å². The van der Waals surface area contributed by atoms with Crippen LogP contribution in [0.15, 0.2) is 0 Å². The molecule has 0 saturated heterocycles. The van der Waals surface area contributed by atoms with Crippen molar-refractivity contribution >= 4 is 36.8 Å². The predicted octanol–water partition coefficient (Wildman–Crippen LogP) is 2.73. The van der Waals surface area contributed by atoms with Crippen molar-refractivity contribution in [1.82, 2.24) is 0 Å². The highest BCUT2D eigenvalue weighted by atomic mass is 35.5. The summed E-state index contributed by atoms with van der Waals surface area (Å²) in [7, 11) is 0. The highest BCUT2D eigenvalue weighted by Gasteiger charge is 2.18. The van der Waals surface area contributed by atoms with Crippen LogP contribution in [0.3, 0.4) is 0 Å². The van der Waals surface area contributed by atoms with Crippen LogP contribution < -0.4 is 11.5 Å². The summed E-state index contributed by atoms with van der Waals surface area (Å²) < 4.78 is 10.2. The quantitative estimate of drug-likeness (QED) is 0.416. The van der Waals surface area contributed by atoms with Gasteiger partial charge in [-0.15, -0.1) is 24.8 Å². The number of ether oxygens (including phenoxy) is 2. The van der Waals surface area contributed by atoms with Gasteiger partial charge in [0.2, 0.25) is 0 Å². The first kappa shape index (κ1) is 28.3. The van der Waals surface area contributed by atoms with E-state index in [2.05, 4.69) is 0 Å². The van der Waals surface area contributed by atoms with Crippen LogP contribution in [0.25, 0.3) is 0 Å². The molecule has 0 aromatic rings. The molecule has 146 valence electrons. The van der Waals surface area contributed by atoms with Crippen molar-refractivity contribution in [3.05, 3.63) is 0 Å². The molecule has 0 aliphatic rings. The number of unbranched alkanes of at least 4 members (excludes halogenated alkanes) is 3. The minimum absolute atomic E-state index is 0. The number of esters is 2. The second kappa shape index (κ2) is 13.7. The van der Waals surface area contributed by atoms with Gasteiger partial charge in [0.05, 0.1) is 26.1 Å². The number of carbonyl (C=O) groups is 2. The molecule has 0 aromatic heterocycles. The first-order valence-electron chi connectivity index (χ1n) is 7.89. The lowest BCUT2D eigenvalue weighted by Crippen LogP contribution is -2.35. The van der Waals surface area contributed by atoms with Crippen molar-refractivity contribution < 1.29 is 19.1 Å². The molecule has 0 radical (unpaired) electrons. The molecule has 0 saturated carbocycles. The number of carbonyl (C=O) groups excluding carboxylic acids is 2. The second-order valence-electron chi connectivity index (χ2n) is 7.19. The Morgan fingerprint density at radius 1 is 0.708 bits per heavy atom. The normalized spacial score (nSPS) is 11.1. The van der Waals surface area contributed by atoms with E-state index in [4.69, 9.17) is 20.9 Å². The third kappa shape index (κ3) is 21.4. The molecule has 8 heteroatoms. The van der Waals surface area contributed by atoms with Crippen molar-refractivity contribution in [3.63, 3.8) is 0 Å². The molecule has 0 fully saturated rings. The molecule has 0 bridgehead atoms. The van der Waals surface area contributed by atoms with Crippen molar-refractivity contribution in [1.29, 1.82) is 0 Å². The number of hydrogen-bond acceptors (Lipinski definition) is 6. The molecule has 0 rings (SSSR count). The van der Waals surface area contributed by atoms with Crippen molar-refractivity contribution in [3.8, 4) is 0 Å². The lowest BCUT2D eigenvalue weighted by atomic mass is 10.0. The molecular weight excluding hydrogens is 355 g/mol. The average molecular weight is 389 g/mol. The molecule has 0 unspecified atom stereocenters. The summed E-state index contributed by atoms with van der Waals surface area (Å²) >= 11 is 0. The molecule has 0 heterocycles. The molecule has 0 aromatic carbocycles. The van der Waals surface area contributed by atoms with Crippen LogP contribution in [0.1, 0.15) is 66.2 Å². The molecular formula is C16H34Cl2N2O4. The van der Waals surface area contributed by atoms with Gasteiger partial charge in [-0.05, 0) is 53.4 Å². The van der Waals surface area contributed by atoms with Crippen LogP contribution in [0.5, 0.6) is 0 Å². The topological polar surface area (TPSA) is 105 Å². The Hall–Kier alpha value is -0.560. The SMILES string of the molecule is CC(C)(N)CC(=O)OCCCCCCOC(=O)CC(C)(C)N.Cl.Cl. The van der Waals surface area contributed by atoms with Crippen molar-refractivity contribution in [2.24, 2.45) is 11.5 Å². The van der Waals surface area contributed by atoms with E-state index < -0.39 is 11.1 Å². The highest BCUT2D eigenvalue weighted by molar-refractivity contribution is 5.85. The lowest BCUT2D eigenvalue weighted by Gasteiger charge is -2.17. The predicted molar refractivity (Wildman–Crippen MR) is 101 cm³/mol. The Kier molecular flexibility index (Phi) is 16.1. The van der Waals surface area contributed by atoms with E-state index in [1.54, 1.807) is 27.7 Å². The Balaban J connectivity index is -0.00000220. The van der Waals surface area contributed by atoms with Crippen LogP contribution in [-0.2, 0) is 19.1 Å². The highest BCUT2D eigenvalue weighted by Crippen LogP contribution is 2.08. The van der Waals surface area contributed by atoms with E-state index in [0.29, 0.717) is 13.2 Å². The summed E-state index contributed by atoms with van der Waals surface area (Å²) in [4.78, 5) is 22.8. The van der Waals surface area contributed by atoms with Gasteiger partial charge in [-0.25, -0.2) is 0 Å². The second-order valence-corrected chi connectivity index (χ2v) is 7.19. The van der Waals surface area contributed by atoms with Gasteiger partial charge in [0.1, 0.15) is 0 Å². The fourth-order valence-electron chi connectivity index (χ4n) is 1.78. The fraction of sp³-hybridized carbons (Fsp3) is 0.875. The van der Waals surface area contributed by atoms with Crippen molar-refractivity contribution in [2.75, 3.05) is 13.2 Å². The summed E-state index contributed by atoms with van der Waals surface area (Å²) in [6.07, 6.45) is 3.92. The Bertz CT molecular complexity index is 319. The molecule has 0 atom stereocenters. The maximum Gasteiger partial charge on any atom is 0.307 e. The zero-order chi connectivity index (χ0) is 17.2. The molecule has 6 nitrogen and oxygen atoms in total. The number of hydrogen-bond donors (Lipinski definition) is 2. The monoisotopic (exact) mass is 388 g/mol. The molecule has 0 spiro atoms. The number of halogens is 2. The summed E-state index contributed by atoms with van der Waals surface area (Å²) in [5.74, 6) is -0.517.